The molecule has 1 aromatic heterocycles. The summed E-state index contributed by atoms with van der Waals surface area (Å²) in [5.41, 5.74) is 2.63. The highest BCUT2D eigenvalue weighted by atomic mass is 16.2. The molecule has 0 spiro atoms. The van der Waals surface area contributed by atoms with Gasteiger partial charge in [0.05, 0.1) is 12.1 Å². The van der Waals surface area contributed by atoms with Crippen molar-refractivity contribution in [2.75, 3.05) is 6.54 Å². The predicted molar refractivity (Wildman–Crippen MR) is 65.9 cm³/mol. The third-order valence-electron chi connectivity index (χ3n) is 3.24. The first-order valence-corrected chi connectivity index (χ1v) is 6.15. The second kappa shape index (κ2) is 5.20. The van der Waals surface area contributed by atoms with E-state index in [-0.39, 0.29) is 18.2 Å². The number of carbonyl (C=O) groups is 2. The molecule has 1 unspecified atom stereocenters. The smallest absolute Gasteiger partial charge is 0.242 e. The van der Waals surface area contributed by atoms with Crippen LogP contribution in [-0.2, 0) is 16.0 Å². The molecule has 1 atom stereocenters. The maximum absolute atomic E-state index is 11.9. The molecule has 1 fully saturated rings. The van der Waals surface area contributed by atoms with Gasteiger partial charge in [-0.05, 0) is 26.7 Å². The van der Waals surface area contributed by atoms with Gasteiger partial charge in [0, 0.05) is 17.8 Å². The monoisotopic (exact) mass is 250 g/mol. The highest BCUT2D eigenvalue weighted by molar-refractivity contribution is 5.88. The number of aromatic amines is 1. The summed E-state index contributed by atoms with van der Waals surface area (Å²) in [5, 5.41) is 12.4. The number of amides is 2. The predicted octanol–water partition coefficient (Wildman–Crippen LogP) is -0.0362. The highest BCUT2D eigenvalue weighted by Gasteiger charge is 2.24. The molecule has 0 radical (unpaired) electrons. The Morgan fingerprint density at radius 3 is 2.89 bits per heavy atom. The number of aromatic nitrogens is 2. The number of rotatable bonds is 3. The van der Waals surface area contributed by atoms with Gasteiger partial charge in [-0.25, -0.2) is 0 Å². The van der Waals surface area contributed by atoms with Crippen LogP contribution in [0.1, 0.15) is 29.8 Å². The van der Waals surface area contributed by atoms with Crippen LogP contribution >= 0.6 is 0 Å². The molecule has 1 aromatic rings. The van der Waals surface area contributed by atoms with Gasteiger partial charge in [0.2, 0.25) is 11.8 Å². The van der Waals surface area contributed by atoms with Crippen LogP contribution in [0.4, 0.5) is 0 Å². The van der Waals surface area contributed by atoms with E-state index in [9.17, 15) is 9.59 Å². The molecule has 6 nitrogen and oxygen atoms in total. The van der Waals surface area contributed by atoms with E-state index in [0.29, 0.717) is 13.0 Å². The second-order valence-corrected chi connectivity index (χ2v) is 4.64. The Hall–Kier alpha value is -1.85. The molecule has 3 N–H and O–H groups in total. The minimum Gasteiger partial charge on any atom is -0.354 e. The Bertz CT molecular complexity index is 447. The van der Waals surface area contributed by atoms with E-state index in [4.69, 9.17) is 0 Å². The van der Waals surface area contributed by atoms with Crippen LogP contribution in [0.5, 0.6) is 0 Å². The third-order valence-corrected chi connectivity index (χ3v) is 3.24. The molecule has 2 rings (SSSR count). The fourth-order valence-corrected chi connectivity index (χ4v) is 2.15. The van der Waals surface area contributed by atoms with Crippen molar-refractivity contribution >= 4 is 11.8 Å². The van der Waals surface area contributed by atoms with Crippen molar-refractivity contribution in [2.45, 2.75) is 39.2 Å². The minimum absolute atomic E-state index is 0.0877. The van der Waals surface area contributed by atoms with Crippen LogP contribution in [0.3, 0.4) is 0 Å². The third kappa shape index (κ3) is 2.69. The first-order chi connectivity index (χ1) is 8.58. The van der Waals surface area contributed by atoms with E-state index >= 15 is 0 Å². The quantitative estimate of drug-likeness (QED) is 0.703. The lowest BCUT2D eigenvalue weighted by Gasteiger charge is -2.22. The number of hydrogen-bond donors (Lipinski definition) is 3. The Kier molecular flexibility index (Phi) is 3.64. The maximum atomic E-state index is 11.9. The lowest BCUT2D eigenvalue weighted by molar-refractivity contribution is -0.129. The first-order valence-electron chi connectivity index (χ1n) is 6.15. The van der Waals surface area contributed by atoms with E-state index < -0.39 is 6.04 Å². The summed E-state index contributed by atoms with van der Waals surface area (Å²) < 4.78 is 0. The standard InChI is InChI=1S/C12H18N4O2/c1-7-9(8(2)16-15-7)6-11(17)14-10-4-3-5-13-12(10)18/h10H,3-6H2,1-2H3,(H,13,18)(H,14,17)(H,15,16). The van der Waals surface area contributed by atoms with Gasteiger partial charge in [-0.1, -0.05) is 0 Å². The molecule has 0 bridgehead atoms. The fraction of sp³-hybridized carbons (Fsp3) is 0.583. The van der Waals surface area contributed by atoms with Crippen molar-refractivity contribution in [2.24, 2.45) is 0 Å². The lowest BCUT2D eigenvalue weighted by atomic mass is 10.1. The van der Waals surface area contributed by atoms with E-state index in [1.165, 1.54) is 0 Å². The average molecular weight is 250 g/mol. The summed E-state index contributed by atoms with van der Waals surface area (Å²) >= 11 is 0. The number of carbonyl (C=O) groups excluding carboxylic acids is 2. The summed E-state index contributed by atoms with van der Waals surface area (Å²) in [6.07, 6.45) is 1.87. The summed E-state index contributed by atoms with van der Waals surface area (Å²) in [7, 11) is 0. The number of piperidine rings is 1. The second-order valence-electron chi connectivity index (χ2n) is 4.64. The molecule has 98 valence electrons. The molecular weight excluding hydrogens is 232 g/mol. The van der Waals surface area contributed by atoms with Crippen molar-refractivity contribution in [3.63, 3.8) is 0 Å². The SMILES string of the molecule is Cc1n[nH]c(C)c1CC(=O)NC1CCCNC1=O. The summed E-state index contributed by atoms with van der Waals surface area (Å²) in [5.74, 6) is -0.222. The zero-order valence-electron chi connectivity index (χ0n) is 10.7. The Morgan fingerprint density at radius 2 is 2.28 bits per heavy atom. The van der Waals surface area contributed by atoms with E-state index in [1.807, 2.05) is 13.8 Å². The van der Waals surface area contributed by atoms with Crippen LogP contribution in [-0.4, -0.2) is 34.6 Å². The highest BCUT2D eigenvalue weighted by Crippen LogP contribution is 2.10. The van der Waals surface area contributed by atoms with Gasteiger partial charge in [-0.3, -0.25) is 14.7 Å². The Labute approximate surface area is 106 Å². The normalized spacial score (nSPS) is 19.4. The summed E-state index contributed by atoms with van der Waals surface area (Å²) in [6, 6.07) is -0.390. The fourth-order valence-electron chi connectivity index (χ4n) is 2.15. The molecule has 18 heavy (non-hydrogen) atoms. The number of hydrogen-bond acceptors (Lipinski definition) is 3. The maximum Gasteiger partial charge on any atom is 0.242 e. The molecule has 1 saturated heterocycles. The van der Waals surface area contributed by atoms with Crippen LogP contribution in [0, 0.1) is 13.8 Å². The number of nitrogens with one attached hydrogen (secondary N) is 3. The van der Waals surface area contributed by atoms with Crippen molar-refractivity contribution in [3.8, 4) is 0 Å². The van der Waals surface area contributed by atoms with Crippen LogP contribution in [0.15, 0.2) is 0 Å². The van der Waals surface area contributed by atoms with Crippen molar-refractivity contribution in [3.05, 3.63) is 17.0 Å². The zero-order chi connectivity index (χ0) is 13.1. The minimum atomic E-state index is -0.390. The van der Waals surface area contributed by atoms with Crippen molar-refractivity contribution < 1.29 is 9.59 Å². The van der Waals surface area contributed by atoms with Gasteiger partial charge in [0.25, 0.3) is 0 Å². The number of H-pyrrole nitrogens is 1. The van der Waals surface area contributed by atoms with Gasteiger partial charge in [0.1, 0.15) is 6.04 Å². The van der Waals surface area contributed by atoms with Gasteiger partial charge in [0.15, 0.2) is 0 Å². The topological polar surface area (TPSA) is 86.9 Å². The van der Waals surface area contributed by atoms with Crippen LogP contribution in [0.2, 0.25) is 0 Å². The molecule has 0 saturated carbocycles. The molecule has 1 aliphatic heterocycles. The Morgan fingerprint density at radius 1 is 1.50 bits per heavy atom. The summed E-state index contributed by atoms with van der Waals surface area (Å²) in [6.45, 7) is 4.44. The molecule has 0 aromatic carbocycles. The van der Waals surface area contributed by atoms with E-state index in [0.717, 1.165) is 23.4 Å². The van der Waals surface area contributed by atoms with Gasteiger partial charge < -0.3 is 10.6 Å². The van der Waals surface area contributed by atoms with E-state index in [2.05, 4.69) is 20.8 Å². The molecular formula is C12H18N4O2. The number of nitrogens with zero attached hydrogens (tertiary/aromatic N) is 1. The van der Waals surface area contributed by atoms with Gasteiger partial charge in [-0.2, -0.15) is 5.10 Å². The summed E-state index contributed by atoms with van der Waals surface area (Å²) in [4.78, 5) is 23.4. The lowest BCUT2D eigenvalue weighted by Crippen LogP contribution is -2.50. The Balaban J connectivity index is 1.94. The van der Waals surface area contributed by atoms with Crippen LogP contribution < -0.4 is 10.6 Å². The molecule has 2 heterocycles. The van der Waals surface area contributed by atoms with Gasteiger partial charge >= 0.3 is 0 Å². The van der Waals surface area contributed by atoms with Crippen molar-refractivity contribution in [1.29, 1.82) is 0 Å². The molecule has 2 amide bonds. The van der Waals surface area contributed by atoms with Gasteiger partial charge in [-0.15, -0.1) is 0 Å². The van der Waals surface area contributed by atoms with Crippen molar-refractivity contribution in [1.82, 2.24) is 20.8 Å². The number of aryl methyl sites for hydroxylation is 2. The largest absolute Gasteiger partial charge is 0.354 e. The molecule has 6 heteroatoms. The van der Waals surface area contributed by atoms with Crippen LogP contribution in [0.25, 0.3) is 0 Å². The zero-order valence-corrected chi connectivity index (χ0v) is 10.7. The average Bonchev–Trinajstić information content (AvgIpc) is 2.64. The molecule has 1 aliphatic rings. The first kappa shape index (κ1) is 12.6. The van der Waals surface area contributed by atoms with E-state index in [1.54, 1.807) is 0 Å². The molecule has 0 aliphatic carbocycles.